The van der Waals surface area contributed by atoms with Crippen LogP contribution in [-0.4, -0.2) is 28.2 Å². The van der Waals surface area contributed by atoms with Gasteiger partial charge in [0.25, 0.3) is 9.05 Å². The molecule has 0 aromatic heterocycles. The van der Waals surface area contributed by atoms with E-state index in [-0.39, 0.29) is 16.6 Å². The predicted octanol–water partition coefficient (Wildman–Crippen LogP) is 2.68. The highest BCUT2D eigenvalue weighted by Gasteiger charge is 2.20. The van der Waals surface area contributed by atoms with Crippen LogP contribution in [0.15, 0.2) is 23.1 Å². The fourth-order valence-corrected chi connectivity index (χ4v) is 2.95. The molecule has 1 aliphatic rings. The lowest BCUT2D eigenvalue weighted by Gasteiger charge is -2.12. The highest BCUT2D eigenvalue weighted by molar-refractivity contribution is 8.13. The molecule has 7 heteroatoms. The van der Waals surface area contributed by atoms with E-state index in [4.69, 9.17) is 31.8 Å². The van der Waals surface area contributed by atoms with Crippen LogP contribution in [0.2, 0.25) is 5.02 Å². The summed E-state index contributed by atoms with van der Waals surface area (Å²) in [5.74, 6) is 0.507. The lowest BCUT2D eigenvalue weighted by molar-refractivity contribution is 0.166. The van der Waals surface area contributed by atoms with Crippen LogP contribution in [0.1, 0.15) is 6.42 Å². The Balaban J connectivity index is 2.16. The zero-order chi connectivity index (χ0) is 13.2. The van der Waals surface area contributed by atoms with Crippen LogP contribution in [0.5, 0.6) is 5.75 Å². The minimum absolute atomic E-state index is 0.101. The SMILES string of the molecule is O=S(=O)(Cl)c1cc(Cl)ccc1OC[C@H]1CCOC1. The summed E-state index contributed by atoms with van der Waals surface area (Å²) in [7, 11) is 1.47. The smallest absolute Gasteiger partial charge is 0.265 e. The first kappa shape index (κ1) is 13.9. The van der Waals surface area contributed by atoms with E-state index in [9.17, 15) is 8.42 Å². The summed E-state index contributed by atoms with van der Waals surface area (Å²) in [6, 6.07) is 4.35. The summed E-state index contributed by atoms with van der Waals surface area (Å²) >= 11 is 5.75. The molecule has 0 saturated carbocycles. The van der Waals surface area contributed by atoms with E-state index in [1.54, 1.807) is 6.07 Å². The van der Waals surface area contributed by atoms with Crippen LogP contribution in [0, 0.1) is 5.92 Å². The molecule has 0 radical (unpaired) electrons. The summed E-state index contributed by atoms with van der Waals surface area (Å²) in [6.07, 6.45) is 0.913. The van der Waals surface area contributed by atoms with E-state index in [2.05, 4.69) is 0 Å². The average molecular weight is 311 g/mol. The topological polar surface area (TPSA) is 52.6 Å². The van der Waals surface area contributed by atoms with E-state index >= 15 is 0 Å². The monoisotopic (exact) mass is 310 g/mol. The van der Waals surface area contributed by atoms with Gasteiger partial charge in [-0.25, -0.2) is 8.42 Å². The van der Waals surface area contributed by atoms with Crippen molar-refractivity contribution in [3.8, 4) is 5.75 Å². The Bertz CT molecular complexity index is 524. The minimum atomic E-state index is -3.87. The molecule has 0 aliphatic carbocycles. The minimum Gasteiger partial charge on any atom is -0.492 e. The highest BCUT2D eigenvalue weighted by Crippen LogP contribution is 2.30. The van der Waals surface area contributed by atoms with Crippen molar-refractivity contribution in [1.29, 1.82) is 0 Å². The maximum absolute atomic E-state index is 11.4. The third-order valence-corrected chi connectivity index (χ3v) is 4.25. The van der Waals surface area contributed by atoms with Crippen LogP contribution < -0.4 is 4.74 Å². The number of halogens is 2. The molecule has 2 rings (SSSR count). The Morgan fingerprint density at radius 1 is 1.44 bits per heavy atom. The van der Waals surface area contributed by atoms with Gasteiger partial charge in [-0.15, -0.1) is 0 Å². The number of ether oxygens (including phenoxy) is 2. The lowest BCUT2D eigenvalue weighted by Crippen LogP contribution is -2.12. The van der Waals surface area contributed by atoms with Crippen LogP contribution in [-0.2, 0) is 13.8 Å². The highest BCUT2D eigenvalue weighted by atomic mass is 35.7. The van der Waals surface area contributed by atoms with Gasteiger partial charge in [0.2, 0.25) is 0 Å². The van der Waals surface area contributed by atoms with Crippen molar-refractivity contribution in [3.05, 3.63) is 23.2 Å². The molecule has 1 saturated heterocycles. The molecule has 1 aromatic carbocycles. The van der Waals surface area contributed by atoms with Crippen molar-refractivity contribution in [2.75, 3.05) is 19.8 Å². The van der Waals surface area contributed by atoms with Crippen LogP contribution in [0.25, 0.3) is 0 Å². The van der Waals surface area contributed by atoms with Crippen LogP contribution in [0.3, 0.4) is 0 Å². The third kappa shape index (κ3) is 3.51. The molecule has 4 nitrogen and oxygen atoms in total. The summed E-state index contributed by atoms with van der Waals surface area (Å²) in [5.41, 5.74) is 0. The number of hydrogen-bond donors (Lipinski definition) is 0. The van der Waals surface area contributed by atoms with Gasteiger partial charge in [0.15, 0.2) is 0 Å². The maximum Gasteiger partial charge on any atom is 0.265 e. The van der Waals surface area contributed by atoms with E-state index in [1.807, 2.05) is 0 Å². The Morgan fingerprint density at radius 3 is 2.83 bits per heavy atom. The van der Waals surface area contributed by atoms with Crippen molar-refractivity contribution >= 4 is 31.3 Å². The number of benzene rings is 1. The molecule has 1 aliphatic heterocycles. The van der Waals surface area contributed by atoms with Gasteiger partial charge in [0.05, 0.1) is 13.2 Å². The second kappa shape index (κ2) is 5.65. The van der Waals surface area contributed by atoms with Crippen molar-refractivity contribution in [2.24, 2.45) is 5.92 Å². The molecule has 100 valence electrons. The molecule has 18 heavy (non-hydrogen) atoms. The first-order valence-electron chi connectivity index (χ1n) is 5.41. The molecule has 1 fully saturated rings. The molecular weight excluding hydrogens is 299 g/mol. The van der Waals surface area contributed by atoms with Gasteiger partial charge in [-0.05, 0) is 24.6 Å². The zero-order valence-corrected chi connectivity index (χ0v) is 11.8. The summed E-state index contributed by atoms with van der Waals surface area (Å²) < 4.78 is 33.5. The van der Waals surface area contributed by atoms with E-state index in [0.717, 1.165) is 13.0 Å². The van der Waals surface area contributed by atoms with Crippen LogP contribution >= 0.6 is 22.3 Å². The van der Waals surface area contributed by atoms with Gasteiger partial charge >= 0.3 is 0 Å². The Labute approximate surface area is 115 Å². The molecule has 0 bridgehead atoms. The average Bonchev–Trinajstić information content (AvgIpc) is 2.79. The van der Waals surface area contributed by atoms with Crippen molar-refractivity contribution < 1.29 is 17.9 Å². The van der Waals surface area contributed by atoms with Gasteiger partial charge in [-0.3, -0.25) is 0 Å². The summed E-state index contributed by atoms with van der Waals surface area (Å²) in [5, 5.41) is 0.297. The molecule has 0 N–H and O–H groups in total. The Kier molecular flexibility index (Phi) is 4.37. The van der Waals surface area contributed by atoms with Crippen molar-refractivity contribution in [2.45, 2.75) is 11.3 Å². The molecule has 1 atom stereocenters. The second-order valence-electron chi connectivity index (χ2n) is 4.07. The fourth-order valence-electron chi connectivity index (χ4n) is 1.71. The maximum atomic E-state index is 11.4. The standard InChI is InChI=1S/C11H12Cl2O4S/c12-9-1-2-10(11(5-9)18(13,14)15)17-7-8-3-4-16-6-8/h1-2,5,8H,3-4,6-7H2/t8-/m0/s1. The first-order valence-corrected chi connectivity index (χ1v) is 8.10. The van der Waals surface area contributed by atoms with Gasteiger partial charge in [0, 0.05) is 28.2 Å². The second-order valence-corrected chi connectivity index (χ2v) is 7.04. The van der Waals surface area contributed by atoms with E-state index in [1.165, 1.54) is 12.1 Å². The van der Waals surface area contributed by atoms with Gasteiger partial charge in [-0.1, -0.05) is 11.6 Å². The largest absolute Gasteiger partial charge is 0.492 e. The predicted molar refractivity (Wildman–Crippen MR) is 68.9 cm³/mol. The molecular formula is C11H12Cl2O4S. The first-order chi connectivity index (χ1) is 8.47. The lowest BCUT2D eigenvalue weighted by atomic mass is 10.1. The molecule has 0 spiro atoms. The Hall–Kier alpha value is -0.490. The van der Waals surface area contributed by atoms with Crippen LogP contribution in [0.4, 0.5) is 0 Å². The molecule has 0 amide bonds. The van der Waals surface area contributed by atoms with E-state index in [0.29, 0.717) is 18.2 Å². The van der Waals surface area contributed by atoms with Gasteiger partial charge in [0.1, 0.15) is 10.6 Å². The van der Waals surface area contributed by atoms with Gasteiger partial charge < -0.3 is 9.47 Å². The third-order valence-electron chi connectivity index (χ3n) is 2.67. The number of hydrogen-bond acceptors (Lipinski definition) is 4. The van der Waals surface area contributed by atoms with E-state index < -0.39 is 9.05 Å². The number of rotatable bonds is 4. The summed E-state index contributed by atoms with van der Waals surface area (Å²) in [6.45, 7) is 1.76. The quantitative estimate of drug-likeness (QED) is 0.802. The fraction of sp³-hybridized carbons (Fsp3) is 0.455. The van der Waals surface area contributed by atoms with Gasteiger partial charge in [-0.2, -0.15) is 0 Å². The van der Waals surface area contributed by atoms with Crippen molar-refractivity contribution in [1.82, 2.24) is 0 Å². The molecule has 1 aromatic rings. The normalized spacial score (nSPS) is 20.0. The summed E-state index contributed by atoms with van der Waals surface area (Å²) in [4.78, 5) is -0.101. The van der Waals surface area contributed by atoms with Crippen molar-refractivity contribution in [3.63, 3.8) is 0 Å². The molecule has 0 unspecified atom stereocenters. The zero-order valence-electron chi connectivity index (χ0n) is 9.43. The Morgan fingerprint density at radius 2 is 2.22 bits per heavy atom. The molecule has 1 heterocycles.